The first-order chi connectivity index (χ1) is 17.2. The van der Waals surface area contributed by atoms with Crippen LogP contribution in [-0.4, -0.2) is 40.7 Å². The van der Waals surface area contributed by atoms with Gasteiger partial charge >= 0.3 is 0 Å². The van der Waals surface area contributed by atoms with Crippen LogP contribution >= 0.6 is 34.5 Å². The first-order valence-corrected chi connectivity index (χ1v) is 12.9. The van der Waals surface area contributed by atoms with Crippen LogP contribution in [0.3, 0.4) is 0 Å². The third kappa shape index (κ3) is 4.68. The Hall–Kier alpha value is -3.07. The van der Waals surface area contributed by atoms with E-state index in [0.29, 0.717) is 44.3 Å². The molecule has 1 aliphatic rings. The highest BCUT2D eigenvalue weighted by molar-refractivity contribution is 7.07. The number of ether oxygens (including phenoxy) is 1. The molecule has 36 heavy (non-hydrogen) atoms. The summed E-state index contributed by atoms with van der Waals surface area (Å²) in [4.78, 5) is 34.2. The monoisotopic (exact) mass is 545 g/mol. The van der Waals surface area contributed by atoms with E-state index >= 15 is 0 Å². The zero-order valence-corrected chi connectivity index (χ0v) is 22.5. The van der Waals surface area contributed by atoms with Gasteiger partial charge in [-0.25, -0.2) is 4.99 Å². The van der Waals surface area contributed by atoms with Gasteiger partial charge in [-0.2, -0.15) is 0 Å². The maximum absolute atomic E-state index is 13.8. The Kier molecular flexibility index (Phi) is 7.59. The molecule has 0 aliphatic carbocycles. The molecule has 0 saturated heterocycles. The second-order valence-corrected chi connectivity index (χ2v) is 10.0. The number of halogens is 2. The van der Waals surface area contributed by atoms with Gasteiger partial charge in [-0.1, -0.05) is 46.7 Å². The van der Waals surface area contributed by atoms with Gasteiger partial charge in [0, 0.05) is 18.1 Å². The molecule has 0 fully saturated rings. The molecule has 7 nitrogen and oxygen atoms in total. The Morgan fingerprint density at radius 1 is 1.22 bits per heavy atom. The van der Waals surface area contributed by atoms with Crippen molar-refractivity contribution in [1.29, 1.82) is 0 Å². The van der Waals surface area contributed by atoms with Crippen molar-refractivity contribution in [1.82, 2.24) is 9.47 Å². The summed E-state index contributed by atoms with van der Waals surface area (Å²) in [5.74, 6) is -0.134. The summed E-state index contributed by atoms with van der Waals surface area (Å²) >= 11 is 13.5. The molecule has 0 unspecified atom stereocenters. The standard InChI is InChI=1S/C26H25Cl2N3O4S/c1-5-30(6-2)25(34)21-14(3)29-26-31(22(21)16-7-9-17(27)10-8-16)24(33)20(36-26)13-15-11-18(28)23(32)19(12-15)35-4/h7-13,22,32H,5-6H2,1-4H3/b20-13+/t22-/m1/s1. The van der Waals surface area contributed by atoms with Crippen LogP contribution < -0.4 is 19.6 Å². The zero-order chi connectivity index (χ0) is 26.1. The van der Waals surface area contributed by atoms with Gasteiger partial charge in [0.2, 0.25) is 0 Å². The number of aromatic hydroxyl groups is 1. The second kappa shape index (κ2) is 10.5. The second-order valence-electron chi connectivity index (χ2n) is 8.16. The number of carbonyl (C=O) groups excluding carboxylic acids is 1. The van der Waals surface area contributed by atoms with Crippen molar-refractivity contribution in [3.63, 3.8) is 0 Å². The summed E-state index contributed by atoms with van der Waals surface area (Å²) in [7, 11) is 1.42. The number of fused-ring (bicyclic) bond motifs is 1. The number of methoxy groups -OCH3 is 1. The summed E-state index contributed by atoms with van der Waals surface area (Å²) in [6, 6.07) is 9.61. The van der Waals surface area contributed by atoms with Crippen molar-refractivity contribution < 1.29 is 14.6 Å². The van der Waals surface area contributed by atoms with Crippen LogP contribution in [0.15, 0.2) is 57.5 Å². The Morgan fingerprint density at radius 2 is 1.89 bits per heavy atom. The van der Waals surface area contributed by atoms with Gasteiger partial charge in [-0.3, -0.25) is 14.2 Å². The van der Waals surface area contributed by atoms with Crippen LogP contribution in [0.1, 0.15) is 37.9 Å². The lowest BCUT2D eigenvalue weighted by Crippen LogP contribution is -2.43. The van der Waals surface area contributed by atoms with E-state index in [2.05, 4.69) is 4.99 Å². The quantitative estimate of drug-likeness (QED) is 0.504. The Balaban J connectivity index is 1.96. The number of thiazole rings is 1. The molecule has 0 radical (unpaired) electrons. The number of likely N-dealkylation sites (N-methyl/N-ethyl adjacent to an activating group) is 1. The number of rotatable bonds is 6. The number of amides is 1. The van der Waals surface area contributed by atoms with E-state index in [1.54, 1.807) is 46.7 Å². The van der Waals surface area contributed by atoms with E-state index in [0.717, 1.165) is 5.56 Å². The summed E-state index contributed by atoms with van der Waals surface area (Å²) in [6.45, 7) is 6.70. The number of aromatic nitrogens is 1. The van der Waals surface area contributed by atoms with E-state index in [-0.39, 0.29) is 28.0 Å². The zero-order valence-electron chi connectivity index (χ0n) is 20.2. The molecule has 1 aromatic heterocycles. The maximum Gasteiger partial charge on any atom is 0.271 e. The summed E-state index contributed by atoms with van der Waals surface area (Å²) in [5, 5.41) is 10.7. The highest BCUT2D eigenvalue weighted by atomic mass is 35.5. The molecular formula is C26H25Cl2N3O4S. The molecule has 10 heteroatoms. The average Bonchev–Trinajstić information content (AvgIpc) is 3.15. The summed E-state index contributed by atoms with van der Waals surface area (Å²) in [5.41, 5.74) is 2.06. The van der Waals surface area contributed by atoms with Gasteiger partial charge in [0.25, 0.3) is 11.5 Å². The Morgan fingerprint density at radius 3 is 2.50 bits per heavy atom. The van der Waals surface area contributed by atoms with Crippen molar-refractivity contribution in [2.45, 2.75) is 26.8 Å². The van der Waals surface area contributed by atoms with Gasteiger partial charge in [0.1, 0.15) is 0 Å². The van der Waals surface area contributed by atoms with Gasteiger partial charge < -0.3 is 14.7 Å². The van der Waals surface area contributed by atoms with Gasteiger partial charge in [-0.15, -0.1) is 0 Å². The molecule has 3 aromatic rings. The third-order valence-electron chi connectivity index (χ3n) is 6.06. The number of hydrogen-bond acceptors (Lipinski definition) is 6. The Bertz CT molecular complexity index is 1540. The van der Waals surface area contributed by atoms with Crippen molar-refractivity contribution in [2.24, 2.45) is 4.99 Å². The lowest BCUT2D eigenvalue weighted by molar-refractivity contribution is -0.127. The summed E-state index contributed by atoms with van der Waals surface area (Å²) in [6.07, 6.45) is 1.67. The number of allylic oxidation sites excluding steroid dienone is 1. The molecule has 4 rings (SSSR count). The average molecular weight is 546 g/mol. The largest absolute Gasteiger partial charge is 0.503 e. The molecule has 0 bridgehead atoms. The van der Waals surface area contributed by atoms with Crippen LogP contribution in [0.2, 0.25) is 10.0 Å². The van der Waals surface area contributed by atoms with Crippen molar-refractivity contribution in [2.75, 3.05) is 20.2 Å². The van der Waals surface area contributed by atoms with E-state index in [9.17, 15) is 14.7 Å². The van der Waals surface area contributed by atoms with Crippen molar-refractivity contribution >= 4 is 46.5 Å². The SMILES string of the molecule is CCN(CC)C(=O)C1=C(C)N=c2s/c(=C/c3cc(Cl)c(O)c(OC)c3)c(=O)n2[C@@H]1c1ccc(Cl)cc1. The van der Waals surface area contributed by atoms with Crippen LogP contribution in [0.5, 0.6) is 11.5 Å². The highest BCUT2D eigenvalue weighted by Gasteiger charge is 2.34. The number of hydrogen-bond donors (Lipinski definition) is 1. The molecule has 2 heterocycles. The predicted molar refractivity (Wildman–Crippen MR) is 143 cm³/mol. The molecule has 188 valence electrons. The molecule has 1 aliphatic heterocycles. The van der Waals surface area contributed by atoms with Crippen molar-refractivity contribution in [3.8, 4) is 11.5 Å². The fourth-order valence-corrected chi connectivity index (χ4v) is 5.61. The van der Waals surface area contributed by atoms with Crippen LogP contribution in [0, 0.1) is 0 Å². The van der Waals surface area contributed by atoms with E-state index in [4.69, 9.17) is 27.9 Å². The number of nitrogens with zero attached hydrogens (tertiary/aromatic N) is 3. The number of benzene rings is 2. The number of phenolic OH excluding ortho intramolecular Hbond substituents is 1. The van der Waals surface area contributed by atoms with Gasteiger partial charge in [-0.05, 0) is 62.2 Å². The minimum atomic E-state index is -0.660. The first-order valence-electron chi connectivity index (χ1n) is 11.3. The molecule has 0 spiro atoms. The number of phenols is 1. The van der Waals surface area contributed by atoms with Crippen LogP contribution in [0.25, 0.3) is 6.08 Å². The molecule has 1 N–H and O–H groups in total. The lowest BCUT2D eigenvalue weighted by Gasteiger charge is -2.29. The fourth-order valence-electron chi connectivity index (χ4n) is 4.22. The smallest absolute Gasteiger partial charge is 0.271 e. The lowest BCUT2D eigenvalue weighted by atomic mass is 9.94. The minimum Gasteiger partial charge on any atom is -0.503 e. The number of carbonyl (C=O) groups is 1. The molecule has 1 atom stereocenters. The topological polar surface area (TPSA) is 84.1 Å². The molecule has 0 saturated carbocycles. The van der Waals surface area contributed by atoms with E-state index in [1.807, 2.05) is 26.0 Å². The van der Waals surface area contributed by atoms with E-state index in [1.165, 1.54) is 18.4 Å². The third-order valence-corrected chi connectivity index (χ3v) is 7.58. The molecular weight excluding hydrogens is 521 g/mol. The fraction of sp³-hybridized carbons (Fsp3) is 0.269. The maximum atomic E-state index is 13.8. The van der Waals surface area contributed by atoms with Crippen LogP contribution in [0.4, 0.5) is 0 Å². The molecule has 2 aromatic carbocycles. The highest BCUT2D eigenvalue weighted by Crippen LogP contribution is 2.35. The van der Waals surface area contributed by atoms with Gasteiger partial charge in [0.05, 0.1) is 34.0 Å². The molecule has 1 amide bonds. The Labute approximate surface area is 222 Å². The van der Waals surface area contributed by atoms with Crippen molar-refractivity contribution in [3.05, 3.63) is 88.5 Å². The van der Waals surface area contributed by atoms with Crippen LogP contribution in [-0.2, 0) is 4.79 Å². The normalized spacial score (nSPS) is 15.5. The predicted octanol–water partition coefficient (Wildman–Crippen LogP) is 4.12. The van der Waals surface area contributed by atoms with Gasteiger partial charge in [0.15, 0.2) is 16.3 Å². The minimum absolute atomic E-state index is 0.107. The first kappa shape index (κ1) is 26.0. The summed E-state index contributed by atoms with van der Waals surface area (Å²) < 4.78 is 7.15. The van der Waals surface area contributed by atoms with E-state index < -0.39 is 6.04 Å².